The number of hydrogen-bond donors (Lipinski definition) is 0. The lowest BCUT2D eigenvalue weighted by Crippen LogP contribution is -2.57. The van der Waals surface area contributed by atoms with Crippen LogP contribution in [0, 0.1) is 6.92 Å². The minimum absolute atomic E-state index is 0.211. The molecule has 4 aromatic carbocycles. The first kappa shape index (κ1) is 20.3. The van der Waals surface area contributed by atoms with Gasteiger partial charge in [-0.15, -0.1) is 0 Å². The standard InChI is InChI=1S/C30H22N2O2/c1-20-16-18-21(19-17-20)26-27(22-10-4-2-5-11-22)31-32(23-12-6-3-7-13-23)30(26)28(33)24-14-8-9-15-25(24)29(30)34/h2-19,26H,1H3/t26-/m1/s1. The molecule has 2 aliphatic rings. The summed E-state index contributed by atoms with van der Waals surface area (Å²) in [6.07, 6.45) is 0. The average molecular weight is 443 g/mol. The second-order valence-electron chi connectivity index (χ2n) is 8.81. The monoisotopic (exact) mass is 442 g/mol. The molecule has 1 heterocycles. The van der Waals surface area contributed by atoms with Crippen molar-refractivity contribution in [2.24, 2.45) is 5.10 Å². The zero-order chi connectivity index (χ0) is 23.3. The van der Waals surface area contributed by atoms with Gasteiger partial charge in [0.2, 0.25) is 5.54 Å². The number of hydrogen-bond acceptors (Lipinski definition) is 4. The van der Waals surface area contributed by atoms with Gasteiger partial charge in [-0.1, -0.05) is 103 Å². The third-order valence-corrected chi connectivity index (χ3v) is 6.82. The van der Waals surface area contributed by atoms with E-state index in [0.29, 0.717) is 22.5 Å². The van der Waals surface area contributed by atoms with Crippen molar-refractivity contribution in [1.29, 1.82) is 0 Å². The zero-order valence-corrected chi connectivity index (χ0v) is 18.7. The molecular formula is C30H22N2O2. The van der Waals surface area contributed by atoms with Crippen LogP contribution < -0.4 is 5.01 Å². The molecule has 1 spiro atoms. The number of Topliss-reactive ketones (excluding diaryl/α,β-unsaturated/α-hetero) is 2. The number of carbonyl (C=O) groups is 2. The highest BCUT2D eigenvalue weighted by atomic mass is 16.2. The molecule has 1 atom stereocenters. The minimum atomic E-state index is -1.52. The number of hydrazone groups is 1. The van der Waals surface area contributed by atoms with Crippen molar-refractivity contribution >= 4 is 23.0 Å². The number of ketones is 2. The maximum absolute atomic E-state index is 14.3. The normalized spacial score (nSPS) is 18.3. The predicted octanol–water partition coefficient (Wildman–Crippen LogP) is 5.82. The minimum Gasteiger partial charge on any atom is -0.291 e. The SMILES string of the molecule is Cc1ccc([C@@H]2C(c3ccccc3)=NN(c3ccccc3)C23C(=O)c2ccccc2C3=O)cc1. The molecule has 0 radical (unpaired) electrons. The second-order valence-corrected chi connectivity index (χ2v) is 8.81. The molecule has 6 rings (SSSR count). The highest BCUT2D eigenvalue weighted by Gasteiger charge is 2.66. The molecule has 0 bridgehead atoms. The van der Waals surface area contributed by atoms with Gasteiger partial charge in [0.05, 0.1) is 17.3 Å². The van der Waals surface area contributed by atoms with E-state index >= 15 is 0 Å². The van der Waals surface area contributed by atoms with Gasteiger partial charge in [0.15, 0.2) is 11.6 Å². The first-order valence-electron chi connectivity index (χ1n) is 11.4. The highest BCUT2D eigenvalue weighted by Crippen LogP contribution is 2.51. The van der Waals surface area contributed by atoms with Crippen molar-refractivity contribution in [2.75, 3.05) is 5.01 Å². The van der Waals surface area contributed by atoms with Gasteiger partial charge in [-0.05, 0) is 30.2 Å². The van der Waals surface area contributed by atoms with Crippen LogP contribution in [0.4, 0.5) is 5.69 Å². The van der Waals surface area contributed by atoms with Crippen LogP contribution >= 0.6 is 0 Å². The molecule has 1 aliphatic carbocycles. The van der Waals surface area contributed by atoms with E-state index in [2.05, 4.69) is 0 Å². The van der Waals surface area contributed by atoms with Gasteiger partial charge in [-0.3, -0.25) is 9.59 Å². The molecule has 34 heavy (non-hydrogen) atoms. The Bertz CT molecular complexity index is 1410. The van der Waals surface area contributed by atoms with Crippen LogP contribution in [0.25, 0.3) is 0 Å². The summed E-state index contributed by atoms with van der Waals surface area (Å²) in [4.78, 5) is 28.6. The molecule has 0 fully saturated rings. The van der Waals surface area contributed by atoms with E-state index in [4.69, 9.17) is 5.10 Å². The summed E-state index contributed by atoms with van der Waals surface area (Å²) in [5, 5.41) is 6.71. The number of nitrogens with zero attached hydrogens (tertiary/aromatic N) is 2. The summed E-state index contributed by atoms with van der Waals surface area (Å²) in [5.74, 6) is -0.988. The molecule has 0 saturated carbocycles. The molecule has 0 saturated heterocycles. The summed E-state index contributed by atoms with van der Waals surface area (Å²) >= 11 is 0. The Morgan fingerprint density at radius 1 is 0.676 bits per heavy atom. The molecule has 4 nitrogen and oxygen atoms in total. The molecule has 0 N–H and O–H groups in total. The summed E-state index contributed by atoms with van der Waals surface area (Å²) in [7, 11) is 0. The van der Waals surface area contributed by atoms with E-state index in [1.165, 1.54) is 0 Å². The van der Waals surface area contributed by atoms with Gasteiger partial charge in [-0.2, -0.15) is 5.10 Å². The van der Waals surface area contributed by atoms with E-state index in [1.54, 1.807) is 17.1 Å². The smallest absolute Gasteiger partial charge is 0.201 e. The molecule has 0 unspecified atom stereocenters. The van der Waals surface area contributed by atoms with Gasteiger partial charge in [0.25, 0.3) is 0 Å². The van der Waals surface area contributed by atoms with Gasteiger partial charge in [0.1, 0.15) is 0 Å². The van der Waals surface area contributed by atoms with E-state index in [0.717, 1.165) is 16.7 Å². The molecular weight excluding hydrogens is 420 g/mol. The van der Waals surface area contributed by atoms with Crippen molar-refractivity contribution in [3.05, 3.63) is 137 Å². The molecule has 4 heteroatoms. The average Bonchev–Trinajstić information content (AvgIpc) is 3.36. The van der Waals surface area contributed by atoms with Crippen LogP contribution in [0.3, 0.4) is 0 Å². The number of rotatable bonds is 3. The number of fused-ring (bicyclic) bond motifs is 1. The van der Waals surface area contributed by atoms with Crippen LogP contribution in [-0.2, 0) is 0 Å². The fourth-order valence-corrected chi connectivity index (χ4v) is 5.23. The van der Waals surface area contributed by atoms with E-state index < -0.39 is 11.5 Å². The molecule has 164 valence electrons. The van der Waals surface area contributed by atoms with Gasteiger partial charge < -0.3 is 0 Å². The number of carbonyl (C=O) groups excluding carboxylic acids is 2. The predicted molar refractivity (Wildman–Crippen MR) is 134 cm³/mol. The molecule has 4 aromatic rings. The molecule has 1 aliphatic heterocycles. The Morgan fingerprint density at radius 3 is 1.79 bits per heavy atom. The Hall–Kier alpha value is -4.31. The topological polar surface area (TPSA) is 49.7 Å². The number of aryl methyl sites for hydroxylation is 1. The maximum Gasteiger partial charge on any atom is 0.201 e. The lowest BCUT2D eigenvalue weighted by Gasteiger charge is -2.36. The van der Waals surface area contributed by atoms with Crippen molar-refractivity contribution in [1.82, 2.24) is 0 Å². The molecule has 0 aromatic heterocycles. The first-order valence-corrected chi connectivity index (χ1v) is 11.4. The van der Waals surface area contributed by atoms with Crippen LogP contribution in [0.1, 0.15) is 43.3 Å². The maximum atomic E-state index is 14.3. The molecule has 0 amide bonds. The highest BCUT2D eigenvalue weighted by molar-refractivity contribution is 6.38. The Kier molecular flexibility index (Phi) is 4.56. The van der Waals surface area contributed by atoms with Crippen molar-refractivity contribution in [3.8, 4) is 0 Å². The summed E-state index contributed by atoms with van der Waals surface area (Å²) in [6, 6.07) is 34.5. The number of benzene rings is 4. The third-order valence-electron chi connectivity index (χ3n) is 6.82. The lowest BCUT2D eigenvalue weighted by molar-refractivity contribution is 0.0791. The van der Waals surface area contributed by atoms with E-state index in [9.17, 15) is 9.59 Å². The van der Waals surface area contributed by atoms with Crippen molar-refractivity contribution in [3.63, 3.8) is 0 Å². The van der Waals surface area contributed by atoms with Gasteiger partial charge in [-0.25, -0.2) is 5.01 Å². The van der Waals surface area contributed by atoms with Gasteiger partial charge in [0, 0.05) is 11.1 Å². The first-order chi connectivity index (χ1) is 16.6. The van der Waals surface area contributed by atoms with Crippen molar-refractivity contribution in [2.45, 2.75) is 18.4 Å². The van der Waals surface area contributed by atoms with Gasteiger partial charge >= 0.3 is 0 Å². The summed E-state index contributed by atoms with van der Waals surface area (Å²) in [6.45, 7) is 2.03. The zero-order valence-electron chi connectivity index (χ0n) is 18.7. The quantitative estimate of drug-likeness (QED) is 0.376. The van der Waals surface area contributed by atoms with E-state index in [1.807, 2.05) is 104 Å². The number of para-hydroxylation sites is 1. The van der Waals surface area contributed by atoms with Crippen LogP contribution in [0.15, 0.2) is 114 Å². The second kappa shape index (κ2) is 7.63. The van der Waals surface area contributed by atoms with E-state index in [-0.39, 0.29) is 11.6 Å². The van der Waals surface area contributed by atoms with Crippen molar-refractivity contribution < 1.29 is 9.59 Å². The Labute approximate surface area is 198 Å². The Morgan fingerprint density at radius 2 is 1.21 bits per heavy atom. The largest absolute Gasteiger partial charge is 0.291 e. The summed E-state index contributed by atoms with van der Waals surface area (Å²) < 4.78 is 0. The number of anilines is 1. The summed E-state index contributed by atoms with van der Waals surface area (Å²) in [5.41, 5.74) is 3.70. The van der Waals surface area contributed by atoms with Crippen LogP contribution in [-0.4, -0.2) is 22.8 Å². The Balaban J connectivity index is 1.68. The fourth-order valence-electron chi connectivity index (χ4n) is 5.23. The fraction of sp³-hybridized carbons (Fsp3) is 0.100. The lowest BCUT2D eigenvalue weighted by atomic mass is 9.72. The van der Waals surface area contributed by atoms with Crippen LogP contribution in [0.2, 0.25) is 0 Å². The third kappa shape index (κ3) is 2.75. The van der Waals surface area contributed by atoms with Crippen LogP contribution in [0.5, 0.6) is 0 Å².